The van der Waals surface area contributed by atoms with Crippen molar-refractivity contribution in [2.45, 2.75) is 44.3 Å². The Morgan fingerprint density at radius 3 is 2.17 bits per heavy atom. The summed E-state index contributed by atoms with van der Waals surface area (Å²) in [5.41, 5.74) is 0.700. The highest BCUT2D eigenvalue weighted by molar-refractivity contribution is 7.92. The maximum absolute atomic E-state index is 14.1. The number of benzene rings is 3. The molecular weight excluding hydrogens is 589 g/mol. The Balaban J connectivity index is 2.12. The number of hydrogen-bond acceptors (Lipinski definition) is 6. The van der Waals surface area contributed by atoms with Gasteiger partial charge >= 0.3 is 0 Å². The van der Waals surface area contributed by atoms with Crippen LogP contribution in [-0.4, -0.2) is 58.0 Å². The number of nitrogens with zero attached hydrogens (tertiary/aromatic N) is 2. The zero-order chi connectivity index (χ0) is 30.3. The predicted molar refractivity (Wildman–Crippen MR) is 160 cm³/mol. The van der Waals surface area contributed by atoms with E-state index in [9.17, 15) is 18.0 Å². The van der Waals surface area contributed by atoms with Gasteiger partial charge in [-0.3, -0.25) is 13.9 Å². The fourth-order valence-electron chi connectivity index (χ4n) is 4.05. The molecule has 3 rings (SSSR count). The number of carbonyl (C=O) groups excluding carboxylic acids is 2. The maximum Gasteiger partial charge on any atom is 0.264 e. The summed E-state index contributed by atoms with van der Waals surface area (Å²) in [6.07, 6.45) is 0. The molecule has 0 saturated carbocycles. The van der Waals surface area contributed by atoms with E-state index in [4.69, 9.17) is 32.7 Å². The normalized spacial score (nSPS) is 12.0. The molecular formula is C29H33Cl2N3O6S. The lowest BCUT2D eigenvalue weighted by molar-refractivity contribution is -0.139. The summed E-state index contributed by atoms with van der Waals surface area (Å²) >= 11 is 12.3. The highest BCUT2D eigenvalue weighted by atomic mass is 35.5. The van der Waals surface area contributed by atoms with Crippen LogP contribution in [0.1, 0.15) is 26.3 Å². The Labute approximate surface area is 251 Å². The molecule has 0 spiro atoms. The molecule has 0 radical (unpaired) electrons. The third-order valence-electron chi connectivity index (χ3n) is 6.20. The fraction of sp³-hybridized carbons (Fsp3) is 0.310. The SMILES string of the molecule is COc1ccc(OC)c(N(CC(=O)N(Cc2ccc(Cl)c(Cl)c2)[C@H](C)C(=O)NC(C)C)S(=O)(=O)c2ccccc2)c1. The zero-order valence-corrected chi connectivity index (χ0v) is 25.8. The molecule has 41 heavy (non-hydrogen) atoms. The second-order valence-electron chi connectivity index (χ2n) is 9.47. The van der Waals surface area contributed by atoms with Crippen molar-refractivity contribution in [2.75, 3.05) is 25.1 Å². The lowest BCUT2D eigenvalue weighted by atomic mass is 10.1. The number of hydrogen-bond donors (Lipinski definition) is 1. The Morgan fingerprint density at radius 1 is 0.902 bits per heavy atom. The van der Waals surface area contributed by atoms with E-state index in [2.05, 4.69) is 5.32 Å². The van der Waals surface area contributed by atoms with Gasteiger partial charge in [0.25, 0.3) is 10.0 Å². The van der Waals surface area contributed by atoms with Gasteiger partial charge < -0.3 is 19.7 Å². The van der Waals surface area contributed by atoms with Crippen LogP contribution in [0.15, 0.2) is 71.6 Å². The number of methoxy groups -OCH3 is 2. The lowest BCUT2D eigenvalue weighted by Crippen LogP contribution is -2.52. The van der Waals surface area contributed by atoms with Crippen LogP contribution in [0.4, 0.5) is 5.69 Å². The molecule has 0 fully saturated rings. The second-order valence-corrected chi connectivity index (χ2v) is 12.1. The smallest absolute Gasteiger partial charge is 0.264 e. The fourth-order valence-corrected chi connectivity index (χ4v) is 5.81. The molecule has 220 valence electrons. The molecule has 0 heterocycles. The summed E-state index contributed by atoms with van der Waals surface area (Å²) in [6.45, 7) is 4.52. The van der Waals surface area contributed by atoms with E-state index < -0.39 is 34.4 Å². The van der Waals surface area contributed by atoms with Gasteiger partial charge in [0, 0.05) is 18.7 Å². The standard InChI is InChI=1S/C29H33Cl2N3O6S/c1-19(2)32-29(36)20(3)33(17-21-11-13-24(30)25(31)15-21)28(35)18-34(41(37,38)23-9-7-6-8-10-23)26-16-22(39-4)12-14-27(26)40-5/h6-16,19-20H,17-18H2,1-5H3,(H,32,36)/t20-/m1/s1. The Morgan fingerprint density at radius 2 is 1.59 bits per heavy atom. The van der Waals surface area contributed by atoms with Gasteiger partial charge in [0.2, 0.25) is 11.8 Å². The summed E-state index contributed by atoms with van der Waals surface area (Å²) in [5.74, 6) is -0.463. The quantitative estimate of drug-likeness (QED) is 0.300. The van der Waals surface area contributed by atoms with Crippen LogP contribution in [0.25, 0.3) is 0 Å². The number of anilines is 1. The minimum absolute atomic E-state index is 0.0284. The first-order valence-corrected chi connectivity index (χ1v) is 14.9. The van der Waals surface area contributed by atoms with Crippen molar-refractivity contribution in [2.24, 2.45) is 0 Å². The number of amides is 2. The predicted octanol–water partition coefficient (Wildman–Crippen LogP) is 5.15. The number of ether oxygens (including phenoxy) is 2. The van der Waals surface area contributed by atoms with Gasteiger partial charge in [0.05, 0.1) is 34.8 Å². The van der Waals surface area contributed by atoms with E-state index in [0.29, 0.717) is 16.3 Å². The molecule has 9 nitrogen and oxygen atoms in total. The van der Waals surface area contributed by atoms with E-state index in [1.165, 1.54) is 37.3 Å². The van der Waals surface area contributed by atoms with Crippen molar-refractivity contribution < 1.29 is 27.5 Å². The third kappa shape index (κ3) is 7.84. The average Bonchev–Trinajstić information content (AvgIpc) is 2.95. The monoisotopic (exact) mass is 621 g/mol. The van der Waals surface area contributed by atoms with Crippen molar-refractivity contribution in [1.29, 1.82) is 0 Å². The zero-order valence-electron chi connectivity index (χ0n) is 23.4. The van der Waals surface area contributed by atoms with Crippen LogP contribution in [0.2, 0.25) is 10.0 Å². The Bertz CT molecular complexity index is 1490. The summed E-state index contributed by atoms with van der Waals surface area (Å²) in [4.78, 5) is 28.4. The van der Waals surface area contributed by atoms with Crippen molar-refractivity contribution in [3.05, 3.63) is 82.3 Å². The van der Waals surface area contributed by atoms with Crippen LogP contribution in [0.5, 0.6) is 11.5 Å². The van der Waals surface area contributed by atoms with E-state index in [1.807, 2.05) is 0 Å². The maximum atomic E-state index is 14.1. The van der Waals surface area contributed by atoms with Crippen molar-refractivity contribution in [1.82, 2.24) is 10.2 Å². The number of halogens is 2. The third-order valence-corrected chi connectivity index (χ3v) is 8.71. The molecule has 1 atom stereocenters. The molecule has 0 saturated heterocycles. The number of sulfonamides is 1. The molecule has 12 heteroatoms. The number of rotatable bonds is 12. The highest BCUT2D eigenvalue weighted by Crippen LogP contribution is 2.36. The largest absolute Gasteiger partial charge is 0.497 e. The number of carbonyl (C=O) groups is 2. The summed E-state index contributed by atoms with van der Waals surface area (Å²) in [6, 6.07) is 16.1. The van der Waals surface area contributed by atoms with E-state index in [1.54, 1.807) is 69.3 Å². The van der Waals surface area contributed by atoms with Crippen LogP contribution < -0.4 is 19.1 Å². The molecule has 2 amide bonds. The summed E-state index contributed by atoms with van der Waals surface area (Å²) in [5, 5.41) is 3.43. The molecule has 0 unspecified atom stereocenters. The van der Waals surface area contributed by atoms with E-state index >= 15 is 0 Å². The van der Waals surface area contributed by atoms with Crippen LogP contribution in [-0.2, 0) is 26.2 Å². The molecule has 1 N–H and O–H groups in total. The van der Waals surface area contributed by atoms with E-state index in [0.717, 1.165) is 4.31 Å². The van der Waals surface area contributed by atoms with Gasteiger partial charge in [0.1, 0.15) is 24.1 Å². The summed E-state index contributed by atoms with van der Waals surface area (Å²) in [7, 11) is -1.44. The van der Waals surface area contributed by atoms with Crippen molar-refractivity contribution >= 4 is 50.7 Å². The molecule has 0 aliphatic carbocycles. The van der Waals surface area contributed by atoms with E-state index in [-0.39, 0.29) is 33.9 Å². The van der Waals surface area contributed by atoms with Gasteiger partial charge in [0.15, 0.2) is 0 Å². The topological polar surface area (TPSA) is 105 Å². The van der Waals surface area contributed by atoms with Crippen LogP contribution >= 0.6 is 23.2 Å². The van der Waals surface area contributed by atoms with Gasteiger partial charge in [-0.25, -0.2) is 8.42 Å². The Kier molecular flexibility index (Phi) is 10.9. The lowest BCUT2D eigenvalue weighted by Gasteiger charge is -2.32. The van der Waals surface area contributed by atoms with Crippen LogP contribution in [0.3, 0.4) is 0 Å². The molecule has 0 bridgehead atoms. The first-order chi connectivity index (χ1) is 19.4. The first kappa shape index (κ1) is 32.0. The van der Waals surface area contributed by atoms with Crippen molar-refractivity contribution in [3.63, 3.8) is 0 Å². The molecule has 3 aromatic carbocycles. The molecule has 0 aliphatic rings. The van der Waals surface area contributed by atoms with Crippen LogP contribution in [0, 0.1) is 0 Å². The molecule has 0 aromatic heterocycles. The van der Waals surface area contributed by atoms with Gasteiger partial charge in [-0.05, 0) is 62.7 Å². The molecule has 0 aliphatic heterocycles. The average molecular weight is 623 g/mol. The minimum Gasteiger partial charge on any atom is -0.497 e. The number of nitrogens with one attached hydrogen (secondary N) is 1. The summed E-state index contributed by atoms with van der Waals surface area (Å²) < 4.78 is 39.8. The highest BCUT2D eigenvalue weighted by Gasteiger charge is 2.34. The van der Waals surface area contributed by atoms with Crippen molar-refractivity contribution in [3.8, 4) is 11.5 Å². The van der Waals surface area contributed by atoms with Gasteiger partial charge in [-0.2, -0.15) is 0 Å². The first-order valence-electron chi connectivity index (χ1n) is 12.7. The van der Waals surface area contributed by atoms with Gasteiger partial charge in [-0.15, -0.1) is 0 Å². The second kappa shape index (κ2) is 13.9. The minimum atomic E-state index is -4.28. The van der Waals surface area contributed by atoms with Gasteiger partial charge in [-0.1, -0.05) is 47.5 Å². The molecule has 3 aromatic rings. The Hall–Kier alpha value is -3.47.